The van der Waals surface area contributed by atoms with E-state index in [9.17, 15) is 0 Å². The fraction of sp³-hybridized carbons (Fsp3) is 0.357. The second-order valence-electron chi connectivity index (χ2n) is 4.25. The highest BCUT2D eigenvalue weighted by Gasteiger charge is 2.05. The van der Waals surface area contributed by atoms with E-state index in [1.807, 2.05) is 19.3 Å². The number of fused-ring (bicyclic) bond motifs is 1. The number of aromatic nitrogens is 1. The molecule has 0 amide bonds. The molecule has 0 bridgehead atoms. The van der Waals surface area contributed by atoms with Crippen molar-refractivity contribution in [3.63, 3.8) is 0 Å². The fourth-order valence-corrected chi connectivity index (χ4v) is 1.92. The Kier molecular flexibility index (Phi) is 3.52. The van der Waals surface area contributed by atoms with Crippen LogP contribution >= 0.6 is 0 Å². The fourth-order valence-electron chi connectivity index (χ4n) is 1.92. The number of nitrogens with one attached hydrogen (secondary N) is 1. The highest BCUT2D eigenvalue weighted by Crippen LogP contribution is 2.22. The summed E-state index contributed by atoms with van der Waals surface area (Å²) in [4.78, 5) is 4.39. The van der Waals surface area contributed by atoms with Gasteiger partial charge in [0.05, 0.1) is 5.52 Å². The molecular formula is C14H18N2. The van der Waals surface area contributed by atoms with Gasteiger partial charge in [-0.3, -0.25) is 4.98 Å². The second-order valence-corrected chi connectivity index (χ2v) is 4.25. The molecule has 0 aliphatic rings. The van der Waals surface area contributed by atoms with Crippen molar-refractivity contribution in [1.82, 2.24) is 10.3 Å². The number of pyridine rings is 1. The van der Waals surface area contributed by atoms with Crippen LogP contribution in [-0.2, 0) is 0 Å². The van der Waals surface area contributed by atoms with Crippen molar-refractivity contribution in [3.05, 3.63) is 42.1 Å². The van der Waals surface area contributed by atoms with Gasteiger partial charge in [-0.1, -0.05) is 25.1 Å². The zero-order chi connectivity index (χ0) is 11.4. The average Bonchev–Trinajstić information content (AvgIpc) is 2.35. The molecule has 2 aromatic rings. The summed E-state index contributed by atoms with van der Waals surface area (Å²) < 4.78 is 0. The molecule has 16 heavy (non-hydrogen) atoms. The summed E-state index contributed by atoms with van der Waals surface area (Å²) in [5, 5.41) is 4.40. The highest BCUT2D eigenvalue weighted by molar-refractivity contribution is 5.78. The van der Waals surface area contributed by atoms with Crippen LogP contribution in [0.4, 0.5) is 0 Å². The zero-order valence-electron chi connectivity index (χ0n) is 9.90. The van der Waals surface area contributed by atoms with Crippen molar-refractivity contribution < 1.29 is 0 Å². The van der Waals surface area contributed by atoms with E-state index in [1.165, 1.54) is 10.9 Å². The monoisotopic (exact) mass is 214 g/mol. The van der Waals surface area contributed by atoms with E-state index in [2.05, 4.69) is 41.5 Å². The molecule has 0 saturated heterocycles. The first-order valence-electron chi connectivity index (χ1n) is 5.80. The summed E-state index contributed by atoms with van der Waals surface area (Å²) >= 11 is 0. The molecular weight excluding hydrogens is 196 g/mol. The van der Waals surface area contributed by atoms with Crippen LogP contribution in [0.1, 0.15) is 24.8 Å². The van der Waals surface area contributed by atoms with Gasteiger partial charge in [0.2, 0.25) is 0 Å². The molecule has 2 heteroatoms. The van der Waals surface area contributed by atoms with Gasteiger partial charge < -0.3 is 5.32 Å². The van der Waals surface area contributed by atoms with Crippen molar-refractivity contribution in [2.24, 2.45) is 0 Å². The quantitative estimate of drug-likeness (QED) is 0.846. The van der Waals surface area contributed by atoms with E-state index in [0.717, 1.165) is 18.5 Å². The van der Waals surface area contributed by atoms with Crippen LogP contribution in [-0.4, -0.2) is 18.6 Å². The lowest BCUT2D eigenvalue weighted by molar-refractivity contribution is 0.637. The van der Waals surface area contributed by atoms with Gasteiger partial charge in [0.15, 0.2) is 0 Å². The molecule has 0 saturated carbocycles. The highest BCUT2D eigenvalue weighted by atomic mass is 14.8. The molecule has 0 aliphatic heterocycles. The van der Waals surface area contributed by atoms with Gasteiger partial charge in [-0.15, -0.1) is 0 Å². The summed E-state index contributed by atoms with van der Waals surface area (Å²) in [5.74, 6) is 0.582. The molecule has 1 N–H and O–H groups in total. The zero-order valence-corrected chi connectivity index (χ0v) is 9.90. The Bertz CT molecular complexity index is 465. The standard InChI is InChI=1S/C14H18N2/c1-11(7-9-15-2)13-6-5-12-4-3-8-16-14(12)10-13/h3-6,8,10-11,15H,7,9H2,1-2H3. The first-order chi connectivity index (χ1) is 7.81. The second kappa shape index (κ2) is 5.08. The van der Waals surface area contributed by atoms with Crippen LogP contribution in [0, 0.1) is 0 Å². The van der Waals surface area contributed by atoms with E-state index >= 15 is 0 Å². The van der Waals surface area contributed by atoms with Crippen LogP contribution in [0.3, 0.4) is 0 Å². The number of hydrogen-bond donors (Lipinski definition) is 1. The number of rotatable bonds is 4. The Balaban J connectivity index is 2.25. The summed E-state index contributed by atoms with van der Waals surface area (Å²) in [5.41, 5.74) is 2.47. The number of benzene rings is 1. The third-order valence-electron chi connectivity index (χ3n) is 3.03. The molecule has 84 valence electrons. The third kappa shape index (κ3) is 2.39. The van der Waals surface area contributed by atoms with Crippen LogP contribution < -0.4 is 5.32 Å². The maximum atomic E-state index is 4.39. The molecule has 0 radical (unpaired) electrons. The molecule has 1 unspecified atom stereocenters. The Morgan fingerprint density at radius 1 is 1.31 bits per heavy atom. The van der Waals surface area contributed by atoms with Crippen molar-refractivity contribution in [1.29, 1.82) is 0 Å². The van der Waals surface area contributed by atoms with Crippen molar-refractivity contribution in [3.8, 4) is 0 Å². The molecule has 1 heterocycles. The normalized spacial score (nSPS) is 12.9. The van der Waals surface area contributed by atoms with Crippen LogP contribution in [0.25, 0.3) is 10.9 Å². The predicted molar refractivity (Wildman–Crippen MR) is 68.7 cm³/mol. The molecule has 1 atom stereocenters. The summed E-state index contributed by atoms with van der Waals surface area (Å²) in [6.07, 6.45) is 3.01. The molecule has 2 nitrogen and oxygen atoms in total. The van der Waals surface area contributed by atoms with Gasteiger partial charge in [0.25, 0.3) is 0 Å². The minimum absolute atomic E-state index is 0.582. The Morgan fingerprint density at radius 2 is 2.19 bits per heavy atom. The van der Waals surface area contributed by atoms with Gasteiger partial charge >= 0.3 is 0 Å². The molecule has 1 aromatic carbocycles. The van der Waals surface area contributed by atoms with Gasteiger partial charge in [-0.25, -0.2) is 0 Å². The molecule has 0 fully saturated rings. The maximum Gasteiger partial charge on any atom is 0.0704 e. The SMILES string of the molecule is CNCCC(C)c1ccc2cccnc2c1. The maximum absolute atomic E-state index is 4.39. The van der Waals surface area contributed by atoms with E-state index in [0.29, 0.717) is 5.92 Å². The van der Waals surface area contributed by atoms with E-state index in [-0.39, 0.29) is 0 Å². The molecule has 1 aromatic heterocycles. The topological polar surface area (TPSA) is 24.9 Å². The predicted octanol–water partition coefficient (Wildman–Crippen LogP) is 2.95. The molecule has 2 rings (SSSR count). The van der Waals surface area contributed by atoms with E-state index < -0.39 is 0 Å². The third-order valence-corrected chi connectivity index (χ3v) is 3.03. The Labute approximate surface area is 96.7 Å². The van der Waals surface area contributed by atoms with Crippen molar-refractivity contribution in [2.45, 2.75) is 19.3 Å². The smallest absolute Gasteiger partial charge is 0.0704 e. The molecule has 0 aliphatic carbocycles. The Morgan fingerprint density at radius 3 is 3.00 bits per heavy atom. The van der Waals surface area contributed by atoms with Crippen LogP contribution in [0.15, 0.2) is 36.5 Å². The average molecular weight is 214 g/mol. The van der Waals surface area contributed by atoms with Gasteiger partial charge in [0, 0.05) is 11.6 Å². The van der Waals surface area contributed by atoms with E-state index in [4.69, 9.17) is 0 Å². The first kappa shape index (κ1) is 11.1. The summed E-state index contributed by atoms with van der Waals surface area (Å²) in [7, 11) is 1.99. The van der Waals surface area contributed by atoms with Crippen LogP contribution in [0.5, 0.6) is 0 Å². The van der Waals surface area contributed by atoms with E-state index in [1.54, 1.807) is 0 Å². The van der Waals surface area contributed by atoms with Crippen molar-refractivity contribution >= 4 is 10.9 Å². The minimum Gasteiger partial charge on any atom is -0.320 e. The Hall–Kier alpha value is -1.41. The molecule has 0 spiro atoms. The van der Waals surface area contributed by atoms with Gasteiger partial charge in [0.1, 0.15) is 0 Å². The van der Waals surface area contributed by atoms with Crippen LogP contribution in [0.2, 0.25) is 0 Å². The lowest BCUT2D eigenvalue weighted by Gasteiger charge is -2.12. The minimum atomic E-state index is 0.582. The first-order valence-corrected chi connectivity index (χ1v) is 5.80. The van der Waals surface area contributed by atoms with Gasteiger partial charge in [-0.2, -0.15) is 0 Å². The summed E-state index contributed by atoms with van der Waals surface area (Å²) in [6, 6.07) is 10.7. The largest absolute Gasteiger partial charge is 0.320 e. The lowest BCUT2D eigenvalue weighted by Crippen LogP contribution is -2.10. The number of hydrogen-bond acceptors (Lipinski definition) is 2. The summed E-state index contributed by atoms with van der Waals surface area (Å²) in [6.45, 7) is 3.32. The lowest BCUT2D eigenvalue weighted by atomic mass is 9.96. The van der Waals surface area contributed by atoms with Crippen molar-refractivity contribution in [2.75, 3.05) is 13.6 Å². The van der Waals surface area contributed by atoms with Gasteiger partial charge in [-0.05, 0) is 43.6 Å². The number of nitrogens with zero attached hydrogens (tertiary/aromatic N) is 1.